The number of piperazine rings is 2. The highest BCUT2D eigenvalue weighted by Crippen LogP contribution is 2.26. The molecule has 0 radical (unpaired) electrons. The van der Waals surface area contributed by atoms with Gasteiger partial charge in [-0.15, -0.1) is 0 Å². The second-order valence-corrected chi connectivity index (χ2v) is 23.0. The molecule has 0 aromatic carbocycles. The molecule has 31 heavy (non-hydrogen) atoms. The minimum atomic E-state index is -1.57. The van der Waals surface area contributed by atoms with Crippen LogP contribution in [0.4, 0.5) is 0 Å². The predicted octanol–water partition coefficient (Wildman–Crippen LogP) is 3.27. The van der Waals surface area contributed by atoms with Gasteiger partial charge in [0.05, 0.1) is 55.4 Å². The van der Waals surface area contributed by atoms with Crippen LogP contribution in [0.25, 0.3) is 0 Å². The maximum atomic E-state index is 6.99. The number of hydrogen-bond acceptors (Lipinski definition) is 1. The maximum Gasteiger partial charge on any atom is 0.173 e. The molecule has 0 amide bonds. The molecule has 0 bridgehead atoms. The summed E-state index contributed by atoms with van der Waals surface area (Å²) in [4.78, 5) is 0. The van der Waals surface area contributed by atoms with Crippen LogP contribution in [-0.4, -0.2) is 142 Å². The molecule has 0 atom stereocenters. The van der Waals surface area contributed by atoms with Crippen molar-refractivity contribution in [2.75, 3.05) is 108 Å². The van der Waals surface area contributed by atoms with E-state index in [1.807, 2.05) is 0 Å². The van der Waals surface area contributed by atoms with Crippen molar-refractivity contribution in [3.05, 3.63) is 0 Å². The number of quaternary nitrogens is 4. The van der Waals surface area contributed by atoms with Crippen molar-refractivity contribution in [3.63, 3.8) is 0 Å². The largest absolute Gasteiger partial charge is 0.455 e. The predicted molar refractivity (Wildman–Crippen MR) is 140 cm³/mol. The van der Waals surface area contributed by atoms with Crippen molar-refractivity contribution >= 4 is 16.6 Å². The summed E-state index contributed by atoms with van der Waals surface area (Å²) in [5.41, 5.74) is 0. The van der Waals surface area contributed by atoms with Gasteiger partial charge in [-0.2, -0.15) is 0 Å². The van der Waals surface area contributed by atoms with Crippen LogP contribution in [0, 0.1) is 0 Å². The monoisotopic (exact) mass is 474 g/mol. The van der Waals surface area contributed by atoms with E-state index in [0.717, 1.165) is 0 Å². The molecule has 7 heteroatoms. The molecule has 0 N–H and O–H groups in total. The molecule has 2 heterocycles. The minimum absolute atomic E-state index is 1.20. The van der Waals surface area contributed by atoms with Gasteiger partial charge in [0.15, 0.2) is 16.6 Å². The van der Waals surface area contributed by atoms with E-state index in [2.05, 4.69) is 68.5 Å². The molecule has 0 spiro atoms. The molecule has 2 aliphatic rings. The van der Waals surface area contributed by atoms with Gasteiger partial charge in [0.25, 0.3) is 0 Å². The topological polar surface area (TPSA) is 9.23 Å². The van der Waals surface area contributed by atoms with Crippen LogP contribution in [0.15, 0.2) is 0 Å². The zero-order chi connectivity index (χ0) is 23.6. The van der Waals surface area contributed by atoms with E-state index in [1.54, 1.807) is 0 Å². The van der Waals surface area contributed by atoms with Gasteiger partial charge in [0.2, 0.25) is 0 Å². The summed E-state index contributed by atoms with van der Waals surface area (Å²) in [6.45, 7) is 23.2. The van der Waals surface area contributed by atoms with Gasteiger partial charge in [-0.05, 0) is 51.1 Å². The third kappa shape index (κ3) is 9.55. The van der Waals surface area contributed by atoms with Crippen LogP contribution in [0.2, 0.25) is 38.3 Å². The quantitative estimate of drug-likeness (QED) is 0.349. The Labute approximate surface area is 197 Å². The molecular formula is C24H58N4OSi2+4. The van der Waals surface area contributed by atoms with Crippen molar-refractivity contribution < 1.29 is 22.0 Å². The Morgan fingerprint density at radius 3 is 1.10 bits per heavy atom. The van der Waals surface area contributed by atoms with Crippen molar-refractivity contribution in [3.8, 4) is 0 Å². The smallest absolute Gasteiger partial charge is 0.173 e. The van der Waals surface area contributed by atoms with E-state index in [1.165, 1.54) is 108 Å². The third-order valence-electron chi connectivity index (χ3n) is 8.49. The van der Waals surface area contributed by atoms with Crippen LogP contribution >= 0.6 is 0 Å². The first-order chi connectivity index (χ1) is 13.9. The van der Waals surface area contributed by atoms with Gasteiger partial charge >= 0.3 is 0 Å². The van der Waals surface area contributed by atoms with Gasteiger partial charge in [-0.1, -0.05) is 0 Å². The van der Waals surface area contributed by atoms with Crippen LogP contribution in [-0.2, 0) is 4.12 Å². The molecule has 2 saturated heterocycles. The lowest BCUT2D eigenvalue weighted by atomic mass is 10.2. The molecule has 2 fully saturated rings. The first-order valence-electron chi connectivity index (χ1n) is 13.0. The zero-order valence-electron chi connectivity index (χ0n) is 23.1. The van der Waals surface area contributed by atoms with E-state index >= 15 is 0 Å². The Morgan fingerprint density at radius 1 is 0.516 bits per heavy atom. The summed E-state index contributed by atoms with van der Waals surface area (Å²) in [7, 11) is 11.4. The number of nitrogens with zero attached hydrogens (tertiary/aromatic N) is 4. The van der Waals surface area contributed by atoms with Gasteiger partial charge in [-0.25, -0.2) is 0 Å². The van der Waals surface area contributed by atoms with E-state index in [9.17, 15) is 0 Å². The van der Waals surface area contributed by atoms with Crippen LogP contribution in [0.3, 0.4) is 0 Å². The van der Waals surface area contributed by atoms with Crippen molar-refractivity contribution in [2.24, 2.45) is 0 Å². The molecule has 0 aromatic rings. The Balaban J connectivity index is 1.72. The summed E-state index contributed by atoms with van der Waals surface area (Å²) < 4.78 is 11.9. The highest BCUT2D eigenvalue weighted by atomic mass is 28.4. The third-order valence-corrected chi connectivity index (χ3v) is 16.0. The van der Waals surface area contributed by atoms with E-state index in [4.69, 9.17) is 4.12 Å². The van der Waals surface area contributed by atoms with Crippen molar-refractivity contribution in [1.82, 2.24) is 0 Å². The summed E-state index contributed by atoms with van der Waals surface area (Å²) in [6, 6.07) is 2.66. The second kappa shape index (κ2) is 9.84. The first-order valence-corrected chi connectivity index (χ1v) is 19.2. The Morgan fingerprint density at radius 2 is 0.806 bits per heavy atom. The molecule has 184 valence electrons. The molecule has 0 aliphatic carbocycles. The normalized spacial score (nSPS) is 25.4. The summed E-state index contributed by atoms with van der Waals surface area (Å²) in [5.74, 6) is 0. The van der Waals surface area contributed by atoms with E-state index in [-0.39, 0.29) is 0 Å². The number of likely N-dealkylation sites (N-methyl/N-ethyl adjacent to an activating group) is 4. The zero-order valence-corrected chi connectivity index (χ0v) is 25.1. The van der Waals surface area contributed by atoms with Crippen LogP contribution in [0.1, 0.15) is 12.8 Å². The molecule has 2 rings (SSSR count). The molecular weight excluding hydrogens is 416 g/mol. The van der Waals surface area contributed by atoms with Gasteiger partial charge in [0, 0.05) is 0 Å². The number of rotatable bonds is 10. The average molecular weight is 475 g/mol. The Hall–Kier alpha value is 0.234. The Bertz CT molecular complexity index is 522. The van der Waals surface area contributed by atoms with Gasteiger partial charge in [-0.3, -0.25) is 0 Å². The Kier molecular flexibility index (Phi) is 8.73. The fourth-order valence-corrected chi connectivity index (χ4v) is 14.4. The molecule has 0 unspecified atom stereocenters. The van der Waals surface area contributed by atoms with E-state index < -0.39 is 16.6 Å². The first kappa shape index (κ1) is 27.5. The highest BCUT2D eigenvalue weighted by Gasteiger charge is 2.38. The fraction of sp³-hybridized carbons (Fsp3) is 1.00. The summed E-state index contributed by atoms with van der Waals surface area (Å²) in [6.07, 6.45) is 2.69. The minimum Gasteiger partial charge on any atom is -0.455 e. The summed E-state index contributed by atoms with van der Waals surface area (Å²) in [5, 5.41) is 0. The standard InChI is InChI=1S/C24H58N4OSi2/c1-25(2)15-19-27(5,20-16-25)13-11-23-30(7,8)29-31(9,10)24-12-14-28(6)21-17-26(3,4)18-22-28/h11-24H2,1-10H3/q+4. The lowest BCUT2D eigenvalue weighted by Gasteiger charge is -2.45. The summed E-state index contributed by atoms with van der Waals surface area (Å²) >= 11 is 0. The molecule has 5 nitrogen and oxygen atoms in total. The molecule has 0 saturated carbocycles. The number of hydrogen-bond donors (Lipinski definition) is 0. The van der Waals surface area contributed by atoms with E-state index in [0.29, 0.717) is 0 Å². The highest BCUT2D eigenvalue weighted by molar-refractivity contribution is 6.84. The SMILES string of the molecule is C[N+]1(C)CC[N+](C)(CCC[Si](C)(C)O[Si](C)(C)CCC[N+]2(C)CC[N+](C)(C)CC2)CC1. The lowest BCUT2D eigenvalue weighted by Crippen LogP contribution is -2.62. The van der Waals surface area contributed by atoms with Crippen LogP contribution < -0.4 is 0 Å². The molecule has 2 aliphatic heterocycles. The molecule has 0 aromatic heterocycles. The maximum absolute atomic E-state index is 6.99. The van der Waals surface area contributed by atoms with Crippen molar-refractivity contribution in [2.45, 2.75) is 51.1 Å². The second-order valence-electron chi connectivity index (χ2n) is 14.2. The van der Waals surface area contributed by atoms with Gasteiger partial charge in [0.1, 0.15) is 52.4 Å². The van der Waals surface area contributed by atoms with Gasteiger partial charge < -0.3 is 22.0 Å². The fourth-order valence-electron chi connectivity index (χ4n) is 5.57. The van der Waals surface area contributed by atoms with Crippen LogP contribution in [0.5, 0.6) is 0 Å². The lowest BCUT2D eigenvalue weighted by molar-refractivity contribution is -1.01. The average Bonchev–Trinajstić information content (AvgIpc) is 2.60. The van der Waals surface area contributed by atoms with Crippen molar-refractivity contribution in [1.29, 1.82) is 0 Å².